The summed E-state index contributed by atoms with van der Waals surface area (Å²) in [5.41, 5.74) is 0.926. The lowest BCUT2D eigenvalue weighted by Crippen LogP contribution is -2.43. The number of rotatable bonds is 7. The minimum Gasteiger partial charge on any atom is -0.489 e. The molecule has 0 saturated carbocycles. The lowest BCUT2D eigenvalue weighted by atomic mass is 9.98. The van der Waals surface area contributed by atoms with E-state index in [9.17, 15) is 18.8 Å². The van der Waals surface area contributed by atoms with Gasteiger partial charge in [0.2, 0.25) is 5.91 Å². The van der Waals surface area contributed by atoms with E-state index in [1.165, 1.54) is 9.80 Å². The molecule has 31 heavy (non-hydrogen) atoms. The molecule has 0 atom stereocenters. The first kappa shape index (κ1) is 24.2. The van der Waals surface area contributed by atoms with Crippen LogP contribution in [0.2, 0.25) is 0 Å². The van der Waals surface area contributed by atoms with Crippen LogP contribution in [0.4, 0.5) is 9.18 Å². The van der Waals surface area contributed by atoms with Gasteiger partial charge < -0.3 is 24.6 Å². The number of likely N-dealkylation sites (N-methyl/N-ethyl adjacent to an activating group) is 1. The molecule has 0 spiro atoms. The number of nitrogens with one attached hydrogen (secondary N) is 1. The van der Waals surface area contributed by atoms with Crippen molar-refractivity contribution in [3.05, 3.63) is 41.2 Å². The number of hydrogen-bond donors (Lipinski definition) is 1. The molecule has 0 radical (unpaired) electrons. The van der Waals surface area contributed by atoms with Crippen LogP contribution >= 0.6 is 0 Å². The van der Waals surface area contributed by atoms with Gasteiger partial charge in [0.1, 0.15) is 24.5 Å². The van der Waals surface area contributed by atoms with Gasteiger partial charge in [0.05, 0.1) is 6.33 Å². The molecule has 1 aliphatic rings. The number of benzene rings is 1. The Morgan fingerprint density at radius 3 is 2.61 bits per heavy atom. The SMILES string of the molecule is CN(C)C(=O)CN1CCc2cc(OC/C(=C/F)CNC(=O)OC(C)(C)C)ccc2C1=O. The van der Waals surface area contributed by atoms with Gasteiger partial charge in [0.15, 0.2) is 0 Å². The number of nitrogens with zero attached hydrogens (tertiary/aromatic N) is 2. The van der Waals surface area contributed by atoms with E-state index in [4.69, 9.17) is 9.47 Å². The maximum Gasteiger partial charge on any atom is 0.407 e. The smallest absolute Gasteiger partial charge is 0.407 e. The number of hydrogen-bond acceptors (Lipinski definition) is 5. The third-order valence-corrected chi connectivity index (χ3v) is 4.51. The molecule has 2 rings (SSSR count). The number of amides is 3. The summed E-state index contributed by atoms with van der Waals surface area (Å²) in [6.07, 6.45) is 0.334. The third kappa shape index (κ3) is 7.27. The van der Waals surface area contributed by atoms with Crippen LogP contribution in [-0.4, -0.2) is 73.6 Å². The summed E-state index contributed by atoms with van der Waals surface area (Å²) in [5, 5.41) is 2.48. The fraction of sp³-hybridized carbons (Fsp3) is 0.500. The van der Waals surface area contributed by atoms with Gasteiger partial charge in [0, 0.05) is 38.3 Å². The number of carbonyl (C=O) groups is 3. The Labute approximate surface area is 182 Å². The summed E-state index contributed by atoms with van der Waals surface area (Å²) in [4.78, 5) is 39.2. The maximum atomic E-state index is 13.2. The molecule has 1 aromatic rings. The molecule has 9 heteroatoms. The Hall–Kier alpha value is -3.10. The van der Waals surface area contributed by atoms with Gasteiger partial charge in [-0.25, -0.2) is 9.18 Å². The lowest BCUT2D eigenvalue weighted by molar-refractivity contribution is -0.129. The van der Waals surface area contributed by atoms with Gasteiger partial charge in [-0.3, -0.25) is 9.59 Å². The van der Waals surface area contributed by atoms with Crippen LogP contribution in [0.3, 0.4) is 0 Å². The molecule has 1 aromatic carbocycles. The monoisotopic (exact) mass is 435 g/mol. The van der Waals surface area contributed by atoms with Crippen LogP contribution in [0.1, 0.15) is 36.7 Å². The summed E-state index contributed by atoms with van der Waals surface area (Å²) < 4.78 is 23.9. The largest absolute Gasteiger partial charge is 0.489 e. The van der Waals surface area contributed by atoms with Gasteiger partial charge in [-0.2, -0.15) is 0 Å². The number of fused-ring (bicyclic) bond motifs is 1. The number of ether oxygens (including phenoxy) is 2. The van der Waals surface area contributed by atoms with Crippen molar-refractivity contribution in [2.24, 2.45) is 0 Å². The van der Waals surface area contributed by atoms with E-state index < -0.39 is 11.7 Å². The van der Waals surface area contributed by atoms with Crippen molar-refractivity contribution in [1.82, 2.24) is 15.1 Å². The van der Waals surface area contributed by atoms with Crippen LogP contribution < -0.4 is 10.1 Å². The summed E-state index contributed by atoms with van der Waals surface area (Å²) in [5.74, 6) is 0.150. The quantitative estimate of drug-likeness (QED) is 0.711. The molecular formula is C22H30FN3O5. The summed E-state index contributed by atoms with van der Waals surface area (Å²) in [6.45, 7) is 5.57. The molecular weight excluding hydrogens is 405 g/mol. The minimum absolute atomic E-state index is 0.0405. The molecule has 0 unspecified atom stereocenters. The highest BCUT2D eigenvalue weighted by Gasteiger charge is 2.26. The average molecular weight is 435 g/mol. The molecule has 0 saturated heterocycles. The van der Waals surface area contributed by atoms with Crippen LogP contribution in [-0.2, 0) is 16.0 Å². The van der Waals surface area contributed by atoms with E-state index >= 15 is 0 Å². The molecule has 0 bridgehead atoms. The zero-order valence-corrected chi connectivity index (χ0v) is 18.7. The zero-order chi connectivity index (χ0) is 23.2. The van der Waals surface area contributed by atoms with Crippen molar-refractivity contribution in [3.63, 3.8) is 0 Å². The van der Waals surface area contributed by atoms with Gasteiger partial charge in [0.25, 0.3) is 5.91 Å². The first-order chi connectivity index (χ1) is 14.5. The minimum atomic E-state index is -0.643. The van der Waals surface area contributed by atoms with Crippen molar-refractivity contribution in [3.8, 4) is 5.75 Å². The Balaban J connectivity index is 1.93. The average Bonchev–Trinajstić information content (AvgIpc) is 2.68. The number of alkyl carbamates (subject to hydrolysis) is 1. The fourth-order valence-electron chi connectivity index (χ4n) is 2.86. The Bertz CT molecular complexity index is 861. The first-order valence-corrected chi connectivity index (χ1v) is 10.0. The zero-order valence-electron chi connectivity index (χ0n) is 18.7. The van der Waals surface area contributed by atoms with Crippen LogP contribution in [0.15, 0.2) is 30.1 Å². The van der Waals surface area contributed by atoms with Crippen LogP contribution in [0.25, 0.3) is 0 Å². The van der Waals surface area contributed by atoms with E-state index in [0.717, 1.165) is 5.56 Å². The predicted octanol–water partition coefficient (Wildman–Crippen LogP) is 2.53. The molecule has 1 aliphatic heterocycles. The molecule has 0 fully saturated rings. The van der Waals surface area contributed by atoms with E-state index in [1.807, 2.05) is 0 Å². The van der Waals surface area contributed by atoms with Crippen LogP contribution in [0, 0.1) is 0 Å². The van der Waals surface area contributed by atoms with Crippen molar-refractivity contribution in [2.75, 3.05) is 40.3 Å². The van der Waals surface area contributed by atoms with E-state index in [2.05, 4.69) is 5.32 Å². The van der Waals surface area contributed by atoms with E-state index in [1.54, 1.807) is 53.1 Å². The normalized spacial score (nSPS) is 14.1. The Morgan fingerprint density at radius 1 is 1.29 bits per heavy atom. The van der Waals surface area contributed by atoms with Crippen molar-refractivity contribution in [1.29, 1.82) is 0 Å². The van der Waals surface area contributed by atoms with E-state index in [-0.39, 0.29) is 37.1 Å². The van der Waals surface area contributed by atoms with Crippen molar-refractivity contribution >= 4 is 17.9 Å². The highest BCUT2D eigenvalue weighted by molar-refractivity contribution is 5.98. The molecule has 170 valence electrons. The Kier molecular flexibility index (Phi) is 8.01. The third-order valence-electron chi connectivity index (χ3n) is 4.51. The summed E-state index contributed by atoms with van der Waals surface area (Å²) in [6, 6.07) is 5.03. The fourth-order valence-corrected chi connectivity index (χ4v) is 2.86. The van der Waals surface area contributed by atoms with Gasteiger partial charge in [-0.15, -0.1) is 0 Å². The number of halogens is 1. The maximum absolute atomic E-state index is 13.2. The van der Waals surface area contributed by atoms with Crippen molar-refractivity contribution < 1.29 is 28.2 Å². The lowest BCUT2D eigenvalue weighted by Gasteiger charge is -2.29. The predicted molar refractivity (Wildman–Crippen MR) is 114 cm³/mol. The Morgan fingerprint density at radius 2 is 2.00 bits per heavy atom. The van der Waals surface area contributed by atoms with Gasteiger partial charge in [-0.1, -0.05) is 0 Å². The second kappa shape index (κ2) is 10.3. The highest BCUT2D eigenvalue weighted by Crippen LogP contribution is 2.24. The van der Waals surface area contributed by atoms with Gasteiger partial charge in [-0.05, 0) is 51.0 Å². The molecule has 1 N–H and O–H groups in total. The van der Waals surface area contributed by atoms with Crippen LogP contribution in [0.5, 0.6) is 5.75 Å². The van der Waals surface area contributed by atoms with Gasteiger partial charge >= 0.3 is 6.09 Å². The standard InChI is InChI=1S/C22H30FN3O5/c1-22(2,3)31-21(29)24-12-15(11-23)14-30-17-6-7-18-16(10-17)8-9-26(20(18)28)13-19(27)25(4)5/h6-7,10-11H,8-9,12-14H2,1-5H3,(H,24,29)/b15-11+. The number of carbonyl (C=O) groups excluding carboxylic acids is 3. The first-order valence-electron chi connectivity index (χ1n) is 10.0. The highest BCUT2D eigenvalue weighted by atomic mass is 19.1. The second-order valence-corrected chi connectivity index (χ2v) is 8.50. The topological polar surface area (TPSA) is 88.2 Å². The molecule has 0 aliphatic carbocycles. The molecule has 3 amide bonds. The van der Waals surface area contributed by atoms with E-state index in [0.29, 0.717) is 30.6 Å². The molecule has 8 nitrogen and oxygen atoms in total. The summed E-state index contributed by atoms with van der Waals surface area (Å²) in [7, 11) is 3.30. The molecule has 0 aromatic heterocycles. The molecule has 1 heterocycles. The summed E-state index contributed by atoms with van der Waals surface area (Å²) >= 11 is 0. The van der Waals surface area contributed by atoms with Crippen molar-refractivity contribution in [2.45, 2.75) is 32.8 Å². The second-order valence-electron chi connectivity index (χ2n) is 8.50.